The molecule has 0 amide bonds. The predicted molar refractivity (Wildman–Crippen MR) is 79.1 cm³/mol. The summed E-state index contributed by atoms with van der Waals surface area (Å²) in [5.74, 6) is 0. The highest BCUT2D eigenvalue weighted by Crippen LogP contribution is 2.52. The van der Waals surface area contributed by atoms with Crippen LogP contribution in [0.4, 0.5) is 22.0 Å². The van der Waals surface area contributed by atoms with Crippen LogP contribution in [0.25, 0.3) is 0 Å². The minimum atomic E-state index is -5.51. The van der Waals surface area contributed by atoms with Gasteiger partial charge in [-0.3, -0.25) is 0 Å². The first-order valence-electron chi connectivity index (χ1n) is 7.64. The molecule has 0 aromatic carbocycles. The fraction of sp³-hybridized carbons (Fsp3) is 1.00. The van der Waals surface area contributed by atoms with Crippen LogP contribution in [-0.2, 0) is 0 Å². The van der Waals surface area contributed by atoms with E-state index in [4.69, 9.17) is 0 Å². The molecule has 0 radical (unpaired) electrons. The number of hydrogen-bond acceptors (Lipinski definition) is 1. The van der Waals surface area contributed by atoms with E-state index in [1.54, 1.807) is 27.7 Å². The lowest BCUT2D eigenvalue weighted by Gasteiger charge is -2.48. The molecule has 3 atom stereocenters. The smallest absolute Gasteiger partial charge is 0.330 e. The van der Waals surface area contributed by atoms with Gasteiger partial charge in [-0.25, -0.2) is 0 Å². The second kappa shape index (κ2) is 7.40. The van der Waals surface area contributed by atoms with Gasteiger partial charge >= 0.3 is 11.7 Å². The molecule has 0 bridgehead atoms. The first kappa shape index (κ1) is 20.8. The number of halogens is 5. The highest BCUT2D eigenvalue weighted by atomic mass is 28.3. The van der Waals surface area contributed by atoms with Gasteiger partial charge < -0.3 is 4.98 Å². The molecule has 128 valence electrons. The van der Waals surface area contributed by atoms with Gasteiger partial charge in [-0.2, -0.15) is 22.0 Å². The van der Waals surface area contributed by atoms with E-state index in [0.717, 1.165) is 0 Å². The Bertz CT molecular complexity index is 309. The maximum atomic E-state index is 14.5. The number of nitrogens with one attached hydrogen (secondary N) is 1. The molecule has 0 aliphatic heterocycles. The highest BCUT2D eigenvalue weighted by Gasteiger charge is 2.74. The number of rotatable bonds is 8. The van der Waals surface area contributed by atoms with Crippen molar-refractivity contribution in [3.8, 4) is 0 Å². The van der Waals surface area contributed by atoms with Crippen LogP contribution in [0.5, 0.6) is 0 Å². The van der Waals surface area contributed by atoms with Gasteiger partial charge in [0.05, 0.1) is 0 Å². The highest BCUT2D eigenvalue weighted by molar-refractivity contribution is 6.82. The van der Waals surface area contributed by atoms with E-state index in [-0.39, 0.29) is 6.04 Å². The van der Waals surface area contributed by atoms with E-state index in [0.29, 0.717) is 19.3 Å². The minimum Gasteiger partial charge on any atom is -0.330 e. The summed E-state index contributed by atoms with van der Waals surface area (Å²) < 4.78 is 68.4. The average Bonchev–Trinajstić information content (AvgIpc) is 2.40. The zero-order valence-electron chi connectivity index (χ0n) is 13.7. The van der Waals surface area contributed by atoms with Crippen molar-refractivity contribution >= 4 is 8.24 Å². The van der Waals surface area contributed by atoms with E-state index in [2.05, 4.69) is 4.98 Å². The second-order valence-corrected chi connectivity index (χ2v) is 10.6. The third-order valence-electron chi connectivity index (χ3n) is 4.75. The SMILES string of the molecule is CCC(C)N[Si](C(C)CC)(C(C)CC)C(F)(F)C(F)(F)F. The minimum absolute atomic E-state index is 0.311. The van der Waals surface area contributed by atoms with Crippen molar-refractivity contribution in [1.82, 2.24) is 4.98 Å². The average molecular weight is 333 g/mol. The Morgan fingerprint density at radius 1 is 0.810 bits per heavy atom. The maximum absolute atomic E-state index is 14.5. The molecule has 0 fully saturated rings. The normalized spacial score (nSPS) is 20.7. The van der Waals surface area contributed by atoms with Crippen molar-refractivity contribution in [3.63, 3.8) is 0 Å². The zero-order chi connectivity index (χ0) is 17.1. The largest absolute Gasteiger partial charge is 0.450 e. The summed E-state index contributed by atoms with van der Waals surface area (Å²) in [7, 11) is -4.16. The van der Waals surface area contributed by atoms with Gasteiger partial charge in [0.15, 0.2) is 0 Å². The van der Waals surface area contributed by atoms with Crippen LogP contribution in [0.3, 0.4) is 0 Å². The molecule has 0 heterocycles. The molecular weight excluding hydrogens is 305 g/mol. The van der Waals surface area contributed by atoms with Crippen molar-refractivity contribution < 1.29 is 22.0 Å². The molecule has 21 heavy (non-hydrogen) atoms. The fourth-order valence-corrected chi connectivity index (χ4v) is 8.60. The molecule has 1 nitrogen and oxygen atoms in total. The summed E-state index contributed by atoms with van der Waals surface area (Å²) in [4.78, 5) is 2.80. The Balaban J connectivity index is 6.14. The summed E-state index contributed by atoms with van der Waals surface area (Å²) in [5, 5.41) is 0. The van der Waals surface area contributed by atoms with Crippen LogP contribution in [0, 0.1) is 0 Å². The second-order valence-electron chi connectivity index (χ2n) is 6.01. The van der Waals surface area contributed by atoms with E-state index in [9.17, 15) is 22.0 Å². The first-order chi connectivity index (χ1) is 9.42. The lowest BCUT2D eigenvalue weighted by molar-refractivity contribution is -0.250. The molecule has 0 saturated heterocycles. The summed E-state index contributed by atoms with van der Waals surface area (Å²) in [5.41, 5.74) is -5.98. The van der Waals surface area contributed by atoms with Crippen molar-refractivity contribution in [3.05, 3.63) is 0 Å². The molecule has 0 aliphatic carbocycles. The number of hydrogen-bond donors (Lipinski definition) is 1. The Hall–Kier alpha value is -0.173. The van der Waals surface area contributed by atoms with Crippen LogP contribution >= 0.6 is 0 Å². The summed E-state index contributed by atoms with van der Waals surface area (Å²) in [6, 6.07) is -0.354. The molecule has 7 heteroatoms. The molecule has 0 aliphatic rings. The van der Waals surface area contributed by atoms with Crippen molar-refractivity contribution in [2.75, 3.05) is 0 Å². The van der Waals surface area contributed by atoms with Gasteiger partial charge in [-0.05, 0) is 23.5 Å². The topological polar surface area (TPSA) is 12.0 Å². The first-order valence-corrected chi connectivity index (χ1v) is 9.79. The van der Waals surface area contributed by atoms with E-state index in [1.807, 2.05) is 0 Å². The molecule has 0 spiro atoms. The van der Waals surface area contributed by atoms with E-state index in [1.165, 1.54) is 13.8 Å². The summed E-state index contributed by atoms with van der Waals surface area (Å²) in [6.45, 7) is 9.90. The van der Waals surface area contributed by atoms with Crippen molar-refractivity contribution in [2.45, 2.75) is 89.7 Å². The molecule has 0 rings (SSSR count). The molecule has 0 aromatic heterocycles. The van der Waals surface area contributed by atoms with Crippen LogP contribution in [0.1, 0.15) is 60.8 Å². The molecular formula is C14H28F5NSi. The van der Waals surface area contributed by atoms with Gasteiger partial charge in [0.25, 0.3) is 0 Å². The lowest BCUT2D eigenvalue weighted by Crippen LogP contribution is -2.74. The Kier molecular flexibility index (Phi) is 7.33. The third-order valence-corrected chi connectivity index (χ3v) is 11.0. The number of alkyl halides is 5. The summed E-state index contributed by atoms with van der Waals surface area (Å²) in [6.07, 6.45) is -4.36. The fourth-order valence-electron chi connectivity index (χ4n) is 2.87. The Labute approximate surface area is 125 Å². The Morgan fingerprint density at radius 3 is 1.43 bits per heavy atom. The van der Waals surface area contributed by atoms with Gasteiger partial charge in [0.2, 0.25) is 8.24 Å². The van der Waals surface area contributed by atoms with Crippen molar-refractivity contribution in [2.24, 2.45) is 0 Å². The third kappa shape index (κ3) is 3.78. The summed E-state index contributed by atoms with van der Waals surface area (Å²) >= 11 is 0. The lowest BCUT2D eigenvalue weighted by atomic mass is 10.3. The standard InChI is InChI=1S/C14H28F5NSi/c1-7-10(4)20-21(11(5)8-2,12(6)9-3)14(18,19)13(15,16)17/h10-12,20H,7-9H2,1-6H3. The molecule has 0 saturated carbocycles. The molecule has 0 aromatic rings. The van der Waals surface area contributed by atoms with Gasteiger partial charge in [-0.15, -0.1) is 0 Å². The molecule has 1 N–H and O–H groups in total. The van der Waals surface area contributed by atoms with Crippen LogP contribution < -0.4 is 4.98 Å². The quantitative estimate of drug-likeness (QED) is 0.446. The van der Waals surface area contributed by atoms with Crippen LogP contribution in [0.2, 0.25) is 11.1 Å². The maximum Gasteiger partial charge on any atom is 0.450 e. The van der Waals surface area contributed by atoms with Gasteiger partial charge in [0.1, 0.15) is 0 Å². The molecule has 3 unspecified atom stereocenters. The van der Waals surface area contributed by atoms with Crippen LogP contribution in [-0.4, -0.2) is 26.0 Å². The van der Waals surface area contributed by atoms with Crippen molar-refractivity contribution in [1.29, 1.82) is 0 Å². The van der Waals surface area contributed by atoms with Gasteiger partial charge in [0, 0.05) is 0 Å². The van der Waals surface area contributed by atoms with E-state index >= 15 is 0 Å². The van der Waals surface area contributed by atoms with Crippen LogP contribution in [0.15, 0.2) is 0 Å². The monoisotopic (exact) mass is 333 g/mol. The van der Waals surface area contributed by atoms with E-state index < -0.39 is 31.0 Å². The van der Waals surface area contributed by atoms with Gasteiger partial charge in [-0.1, -0.05) is 54.4 Å². The Morgan fingerprint density at radius 2 is 1.19 bits per heavy atom. The zero-order valence-corrected chi connectivity index (χ0v) is 14.7. The predicted octanol–water partition coefficient (Wildman–Crippen LogP) is 5.66.